The molecule has 0 radical (unpaired) electrons. The summed E-state index contributed by atoms with van der Waals surface area (Å²) in [5.41, 5.74) is 0. The van der Waals surface area contributed by atoms with Crippen LogP contribution in [0.5, 0.6) is 0 Å². The summed E-state index contributed by atoms with van der Waals surface area (Å²) in [5, 5.41) is 21.5. The van der Waals surface area contributed by atoms with Gasteiger partial charge in [-0.05, 0) is 6.92 Å². The van der Waals surface area contributed by atoms with Gasteiger partial charge in [0, 0.05) is 0 Å². The molecule has 1 aliphatic heterocycles. The predicted octanol–water partition coefficient (Wildman–Crippen LogP) is -1.65. The summed E-state index contributed by atoms with van der Waals surface area (Å²) in [6.07, 6.45) is 0.583. The van der Waals surface area contributed by atoms with Crippen LogP contribution in [-0.2, 0) is 4.74 Å². The minimum Gasteiger partial charge on any atom is -0.402 e. The van der Waals surface area contributed by atoms with Crippen molar-refractivity contribution in [3.8, 4) is 0 Å². The topological polar surface area (TPSA) is 73.2 Å². The van der Waals surface area contributed by atoms with E-state index in [-0.39, 0.29) is 0 Å². The Morgan fingerprint density at radius 3 is 1.62 bits per heavy atom. The molecule has 1 heterocycles. The first-order chi connectivity index (χ1) is 3.63. The van der Waals surface area contributed by atoms with Crippen LogP contribution in [0.3, 0.4) is 0 Å². The van der Waals surface area contributed by atoms with Crippen LogP contribution in [-0.4, -0.2) is 35.1 Å². The van der Waals surface area contributed by atoms with Gasteiger partial charge < -0.3 is 19.8 Å². The van der Waals surface area contributed by atoms with E-state index in [0.29, 0.717) is 6.10 Å². The lowest BCUT2D eigenvalue weighted by Gasteiger charge is -1.69. The highest BCUT2D eigenvalue weighted by molar-refractivity contribution is 6.30. The molecule has 0 spiro atoms. The molecule has 0 aromatic carbocycles. The highest BCUT2D eigenvalue weighted by atomic mass is 16.6. The fourth-order valence-electron chi connectivity index (χ4n) is 0.0962. The van der Waals surface area contributed by atoms with Crippen molar-refractivity contribution in [3.05, 3.63) is 0 Å². The van der Waals surface area contributed by atoms with E-state index in [1.54, 1.807) is 0 Å². The molecule has 1 saturated heterocycles. The van der Waals surface area contributed by atoms with E-state index in [9.17, 15) is 0 Å². The van der Waals surface area contributed by atoms with E-state index in [2.05, 4.69) is 6.92 Å². The second-order valence-electron chi connectivity index (χ2n) is 1.49. The van der Waals surface area contributed by atoms with Gasteiger partial charge in [0.1, 0.15) is 0 Å². The van der Waals surface area contributed by atoms with Gasteiger partial charge in [-0.1, -0.05) is 0 Å². The molecular formula is C3H9BO4. The summed E-state index contributed by atoms with van der Waals surface area (Å²) < 4.78 is 4.71. The monoisotopic (exact) mass is 120 g/mol. The molecule has 0 aliphatic carbocycles. The van der Waals surface area contributed by atoms with Gasteiger partial charge in [-0.15, -0.1) is 0 Å². The van der Waals surface area contributed by atoms with Gasteiger partial charge >= 0.3 is 7.32 Å². The van der Waals surface area contributed by atoms with E-state index < -0.39 is 7.32 Å². The summed E-state index contributed by atoms with van der Waals surface area (Å²) >= 11 is 0. The standard InChI is InChI=1S/C3H6O.BH3O3/c1-3-2-4-3;2-1(3)4/h3H,2H2,1H3;2-4H. The van der Waals surface area contributed by atoms with Crippen LogP contribution in [0.4, 0.5) is 0 Å². The van der Waals surface area contributed by atoms with Crippen LogP contribution >= 0.6 is 0 Å². The fourth-order valence-corrected chi connectivity index (χ4v) is 0.0962. The molecule has 0 amide bonds. The molecule has 3 N–H and O–H groups in total. The summed E-state index contributed by atoms with van der Waals surface area (Å²) in [5.74, 6) is 0. The van der Waals surface area contributed by atoms with Crippen LogP contribution in [0.15, 0.2) is 0 Å². The molecule has 5 heteroatoms. The zero-order valence-corrected chi connectivity index (χ0v) is 4.61. The first-order valence-corrected chi connectivity index (χ1v) is 2.28. The van der Waals surface area contributed by atoms with Gasteiger partial charge in [0.15, 0.2) is 0 Å². The first-order valence-electron chi connectivity index (χ1n) is 2.28. The largest absolute Gasteiger partial charge is 0.631 e. The molecule has 8 heavy (non-hydrogen) atoms. The minimum atomic E-state index is -2.17. The summed E-state index contributed by atoms with van der Waals surface area (Å²) in [6, 6.07) is 0. The number of rotatable bonds is 0. The van der Waals surface area contributed by atoms with Crippen molar-refractivity contribution in [1.82, 2.24) is 0 Å². The lowest BCUT2D eigenvalue weighted by Crippen LogP contribution is -2.07. The molecule has 48 valence electrons. The average molecular weight is 120 g/mol. The Bertz CT molecular complexity index is 50.5. The van der Waals surface area contributed by atoms with Gasteiger partial charge in [0.2, 0.25) is 0 Å². The predicted molar refractivity (Wildman–Crippen MR) is 27.8 cm³/mol. The summed E-state index contributed by atoms with van der Waals surface area (Å²) in [4.78, 5) is 0. The summed E-state index contributed by atoms with van der Waals surface area (Å²) in [7, 11) is -2.17. The summed E-state index contributed by atoms with van der Waals surface area (Å²) in [6.45, 7) is 3.04. The van der Waals surface area contributed by atoms with Crippen molar-refractivity contribution in [3.63, 3.8) is 0 Å². The Kier molecular flexibility index (Phi) is 3.81. The quantitative estimate of drug-likeness (QED) is 0.264. The van der Waals surface area contributed by atoms with E-state index in [1.165, 1.54) is 0 Å². The zero-order valence-electron chi connectivity index (χ0n) is 4.61. The Labute approximate surface area is 47.9 Å². The second kappa shape index (κ2) is 3.85. The molecule has 0 bridgehead atoms. The zero-order chi connectivity index (χ0) is 6.57. The van der Waals surface area contributed by atoms with Crippen molar-refractivity contribution >= 4 is 7.32 Å². The Morgan fingerprint density at radius 1 is 1.50 bits per heavy atom. The van der Waals surface area contributed by atoms with Gasteiger partial charge in [-0.2, -0.15) is 0 Å². The third-order valence-electron chi connectivity index (χ3n) is 0.500. The SMILES string of the molecule is CC1CO1.OB(O)O. The van der Waals surface area contributed by atoms with Crippen molar-refractivity contribution < 1.29 is 19.8 Å². The molecule has 0 aromatic rings. The first kappa shape index (κ1) is 7.90. The molecule has 1 rings (SSSR count). The maximum absolute atomic E-state index is 7.17. The van der Waals surface area contributed by atoms with Gasteiger partial charge in [-0.25, -0.2) is 0 Å². The molecule has 0 saturated carbocycles. The van der Waals surface area contributed by atoms with E-state index in [0.717, 1.165) is 6.61 Å². The Hall–Kier alpha value is -0.0951. The third kappa shape index (κ3) is 16.8. The minimum absolute atomic E-state index is 0.583. The van der Waals surface area contributed by atoms with Crippen LogP contribution < -0.4 is 0 Å². The fraction of sp³-hybridized carbons (Fsp3) is 1.00. The normalized spacial score (nSPS) is 23.2. The van der Waals surface area contributed by atoms with Crippen LogP contribution in [0.1, 0.15) is 6.92 Å². The molecule has 4 nitrogen and oxygen atoms in total. The molecule has 1 unspecified atom stereocenters. The van der Waals surface area contributed by atoms with Crippen molar-refractivity contribution in [2.24, 2.45) is 0 Å². The van der Waals surface area contributed by atoms with Gasteiger partial charge in [-0.3, -0.25) is 0 Å². The van der Waals surface area contributed by atoms with Crippen LogP contribution in [0.25, 0.3) is 0 Å². The Balaban J connectivity index is 0.000000122. The van der Waals surface area contributed by atoms with Crippen LogP contribution in [0.2, 0.25) is 0 Å². The smallest absolute Gasteiger partial charge is 0.402 e. The highest BCUT2D eigenvalue weighted by Gasteiger charge is 2.13. The lowest BCUT2D eigenvalue weighted by molar-refractivity contribution is 0.278. The van der Waals surface area contributed by atoms with Crippen molar-refractivity contribution in [2.75, 3.05) is 6.61 Å². The van der Waals surface area contributed by atoms with Crippen molar-refractivity contribution in [1.29, 1.82) is 0 Å². The average Bonchev–Trinajstić information content (AvgIpc) is 2.19. The van der Waals surface area contributed by atoms with E-state index >= 15 is 0 Å². The third-order valence-corrected chi connectivity index (χ3v) is 0.500. The van der Waals surface area contributed by atoms with E-state index in [1.807, 2.05) is 0 Å². The second-order valence-corrected chi connectivity index (χ2v) is 1.49. The highest BCUT2D eigenvalue weighted by Crippen LogP contribution is 2.04. The maximum Gasteiger partial charge on any atom is 0.631 e. The van der Waals surface area contributed by atoms with Crippen molar-refractivity contribution in [2.45, 2.75) is 13.0 Å². The molecular weight excluding hydrogens is 111 g/mol. The molecule has 1 aliphatic rings. The molecule has 0 aromatic heterocycles. The number of ether oxygens (including phenoxy) is 1. The lowest BCUT2D eigenvalue weighted by atomic mass is 10.3. The Morgan fingerprint density at radius 2 is 1.62 bits per heavy atom. The number of epoxide rings is 1. The maximum atomic E-state index is 7.17. The molecule has 1 fully saturated rings. The number of hydrogen-bond acceptors (Lipinski definition) is 4. The van der Waals surface area contributed by atoms with Crippen LogP contribution in [0, 0.1) is 0 Å². The van der Waals surface area contributed by atoms with E-state index in [4.69, 9.17) is 19.8 Å². The van der Waals surface area contributed by atoms with Gasteiger partial charge in [0.25, 0.3) is 0 Å². The van der Waals surface area contributed by atoms with Gasteiger partial charge in [0.05, 0.1) is 12.7 Å². The number of hydrogen-bond donors (Lipinski definition) is 3. The molecule has 1 atom stereocenters.